The second-order valence-electron chi connectivity index (χ2n) is 7.60. The molecule has 3 N–H and O–H groups in total. The van der Waals surface area contributed by atoms with Gasteiger partial charge in [-0.2, -0.15) is 17.8 Å². The number of rotatable bonds is 2. The molecule has 0 bridgehead atoms. The molecule has 9 heteroatoms. The van der Waals surface area contributed by atoms with E-state index in [2.05, 4.69) is 10.2 Å². The highest BCUT2D eigenvalue weighted by Crippen LogP contribution is 2.50. The highest BCUT2D eigenvalue weighted by molar-refractivity contribution is 7.83. The minimum absolute atomic E-state index is 0.0129. The van der Waals surface area contributed by atoms with Gasteiger partial charge in [-0.15, -0.1) is 0 Å². The number of aromatic nitrogens is 2. The molecule has 0 radical (unpaired) electrons. The van der Waals surface area contributed by atoms with Crippen LogP contribution >= 0.6 is 11.6 Å². The van der Waals surface area contributed by atoms with Crippen molar-refractivity contribution >= 4 is 32.8 Å². The van der Waals surface area contributed by atoms with Crippen LogP contribution in [0, 0.1) is 11.8 Å². The second kappa shape index (κ2) is 6.45. The van der Waals surface area contributed by atoms with Crippen molar-refractivity contribution in [3.63, 3.8) is 0 Å². The fraction of sp³-hybridized carbons (Fsp3) is 0.588. The van der Waals surface area contributed by atoms with Crippen molar-refractivity contribution in [1.29, 1.82) is 0 Å². The zero-order valence-corrected chi connectivity index (χ0v) is 15.8. The number of aromatic amines is 1. The molecule has 3 fully saturated rings. The normalized spacial score (nSPS) is 30.9. The minimum Gasteiger partial charge on any atom is -0.385 e. The SMILES string of the molecule is C1CC1.O=S(=O)(O)N1C[C@@H]2CC(O)(c3cc(Cl)cc4cn[nH]c34)C[C@@H]2C1. The Labute approximate surface area is 157 Å². The maximum atomic E-state index is 11.3. The van der Waals surface area contributed by atoms with E-state index >= 15 is 0 Å². The molecular formula is C17H22ClN3O4S. The van der Waals surface area contributed by atoms with E-state index in [0.29, 0.717) is 23.4 Å². The second-order valence-corrected chi connectivity index (χ2v) is 9.45. The van der Waals surface area contributed by atoms with Gasteiger partial charge in [-0.05, 0) is 36.8 Å². The van der Waals surface area contributed by atoms with E-state index in [1.807, 2.05) is 0 Å². The number of aliphatic hydroxyl groups is 1. The monoisotopic (exact) mass is 399 g/mol. The number of halogens is 1. The highest BCUT2D eigenvalue weighted by Gasteiger charge is 2.51. The van der Waals surface area contributed by atoms with E-state index in [1.165, 1.54) is 19.3 Å². The van der Waals surface area contributed by atoms with Crippen molar-refractivity contribution in [2.24, 2.45) is 11.8 Å². The lowest BCUT2D eigenvalue weighted by molar-refractivity contribution is 0.0349. The average molecular weight is 400 g/mol. The summed E-state index contributed by atoms with van der Waals surface area (Å²) in [5.41, 5.74) is 0.380. The summed E-state index contributed by atoms with van der Waals surface area (Å²) in [5.74, 6) is 0.0257. The third-order valence-corrected chi connectivity index (χ3v) is 6.61. The van der Waals surface area contributed by atoms with Crippen LogP contribution in [-0.2, 0) is 15.9 Å². The van der Waals surface area contributed by atoms with Gasteiger partial charge in [0.15, 0.2) is 0 Å². The van der Waals surface area contributed by atoms with E-state index in [-0.39, 0.29) is 24.9 Å². The van der Waals surface area contributed by atoms with Gasteiger partial charge in [0.1, 0.15) is 0 Å². The van der Waals surface area contributed by atoms with Crippen LogP contribution in [0.5, 0.6) is 0 Å². The van der Waals surface area contributed by atoms with Crippen LogP contribution in [0.15, 0.2) is 18.3 Å². The topological polar surface area (TPSA) is 107 Å². The lowest BCUT2D eigenvalue weighted by Crippen LogP contribution is -2.32. The van der Waals surface area contributed by atoms with Gasteiger partial charge < -0.3 is 5.11 Å². The molecule has 26 heavy (non-hydrogen) atoms. The summed E-state index contributed by atoms with van der Waals surface area (Å²) < 4.78 is 32.8. The average Bonchev–Trinajstić information content (AvgIpc) is 3.17. The van der Waals surface area contributed by atoms with E-state index < -0.39 is 15.9 Å². The van der Waals surface area contributed by atoms with Gasteiger partial charge in [0.05, 0.1) is 17.3 Å². The third-order valence-electron chi connectivity index (χ3n) is 5.44. The lowest BCUT2D eigenvalue weighted by Gasteiger charge is -2.26. The van der Waals surface area contributed by atoms with Gasteiger partial charge in [0.25, 0.3) is 0 Å². The van der Waals surface area contributed by atoms with Gasteiger partial charge in [-0.25, -0.2) is 0 Å². The Kier molecular flexibility index (Phi) is 4.51. The molecule has 1 unspecified atom stereocenters. The van der Waals surface area contributed by atoms with Crippen LogP contribution in [0.25, 0.3) is 10.9 Å². The molecule has 2 saturated carbocycles. The van der Waals surface area contributed by atoms with Crippen LogP contribution in [0.4, 0.5) is 0 Å². The summed E-state index contributed by atoms with van der Waals surface area (Å²) in [7, 11) is -4.16. The number of hydrogen-bond donors (Lipinski definition) is 3. The summed E-state index contributed by atoms with van der Waals surface area (Å²) in [6.07, 6.45) is 7.01. The third kappa shape index (κ3) is 3.48. The molecule has 1 aromatic heterocycles. The number of benzene rings is 1. The molecule has 0 amide bonds. The van der Waals surface area contributed by atoms with Crippen molar-refractivity contribution in [3.8, 4) is 0 Å². The molecule has 1 aliphatic heterocycles. The van der Waals surface area contributed by atoms with Crippen molar-refractivity contribution in [1.82, 2.24) is 14.5 Å². The molecule has 1 aromatic carbocycles. The molecule has 7 nitrogen and oxygen atoms in total. The molecule has 3 aliphatic rings. The van der Waals surface area contributed by atoms with Gasteiger partial charge in [0, 0.05) is 29.1 Å². The van der Waals surface area contributed by atoms with Crippen LogP contribution < -0.4 is 0 Å². The molecule has 1 saturated heterocycles. The van der Waals surface area contributed by atoms with Crippen LogP contribution in [0.2, 0.25) is 5.02 Å². The van der Waals surface area contributed by atoms with E-state index in [1.54, 1.807) is 18.3 Å². The molecule has 2 heterocycles. The highest BCUT2D eigenvalue weighted by atomic mass is 35.5. The molecule has 2 aliphatic carbocycles. The molecule has 3 atom stereocenters. The Bertz CT molecular complexity index is 910. The van der Waals surface area contributed by atoms with E-state index in [0.717, 1.165) is 15.2 Å². The van der Waals surface area contributed by atoms with Crippen molar-refractivity contribution in [3.05, 3.63) is 28.9 Å². The zero-order valence-electron chi connectivity index (χ0n) is 14.2. The summed E-state index contributed by atoms with van der Waals surface area (Å²) in [5, 5.41) is 19.4. The van der Waals surface area contributed by atoms with Crippen LogP contribution in [-0.4, -0.2) is 45.7 Å². The molecule has 2 aromatic rings. The quantitative estimate of drug-likeness (QED) is 0.673. The van der Waals surface area contributed by atoms with Crippen LogP contribution in [0.1, 0.15) is 37.7 Å². The largest absolute Gasteiger partial charge is 0.385 e. The number of H-pyrrole nitrogens is 1. The smallest absolute Gasteiger partial charge is 0.335 e. The summed E-state index contributed by atoms with van der Waals surface area (Å²) in [6.45, 7) is 0.469. The zero-order chi connectivity index (χ0) is 18.5. The lowest BCUT2D eigenvalue weighted by atomic mass is 9.89. The maximum absolute atomic E-state index is 11.3. The number of nitrogens with one attached hydrogen (secondary N) is 1. The molecule has 0 spiro atoms. The van der Waals surface area contributed by atoms with Gasteiger partial charge in [0.2, 0.25) is 0 Å². The fourth-order valence-corrected chi connectivity index (χ4v) is 5.09. The Balaban J connectivity index is 0.000000510. The van der Waals surface area contributed by atoms with Crippen LogP contribution in [0.3, 0.4) is 0 Å². The van der Waals surface area contributed by atoms with Crippen molar-refractivity contribution in [2.45, 2.75) is 37.7 Å². The van der Waals surface area contributed by atoms with Crippen molar-refractivity contribution < 1.29 is 18.1 Å². The van der Waals surface area contributed by atoms with Gasteiger partial charge >= 0.3 is 10.3 Å². The maximum Gasteiger partial charge on any atom is 0.335 e. The van der Waals surface area contributed by atoms with Crippen molar-refractivity contribution in [2.75, 3.05) is 13.1 Å². The first kappa shape index (κ1) is 18.2. The Morgan fingerprint density at radius 3 is 2.35 bits per heavy atom. The summed E-state index contributed by atoms with van der Waals surface area (Å²) >= 11 is 6.15. The predicted molar refractivity (Wildman–Crippen MR) is 98.2 cm³/mol. The first-order valence-corrected chi connectivity index (χ1v) is 10.6. The number of fused-ring (bicyclic) bond motifs is 2. The Morgan fingerprint density at radius 2 is 1.81 bits per heavy atom. The Morgan fingerprint density at radius 1 is 1.19 bits per heavy atom. The summed E-state index contributed by atoms with van der Waals surface area (Å²) in [4.78, 5) is 0. The number of nitrogens with zero attached hydrogens (tertiary/aromatic N) is 2. The molecular weight excluding hydrogens is 378 g/mol. The van der Waals surface area contributed by atoms with E-state index in [4.69, 9.17) is 11.6 Å². The fourth-order valence-electron chi connectivity index (χ4n) is 4.11. The van der Waals surface area contributed by atoms with E-state index in [9.17, 15) is 18.1 Å². The summed E-state index contributed by atoms with van der Waals surface area (Å²) in [6, 6.07) is 3.52. The first-order valence-electron chi connectivity index (χ1n) is 8.84. The molecule has 142 valence electrons. The first-order chi connectivity index (χ1) is 12.3. The standard InChI is InChI=1S/C14H16ClN3O4S.C3H6/c15-11-1-8-5-16-17-13(8)12(2-11)14(19)3-9-6-18(23(20,21)22)7-10(9)4-14;1-2-3-1/h1-2,5,9-10,19H,3-4,6-7H2,(H,16,17)(H,20,21,22);1-3H2/t9-,10+,14?;. The predicted octanol–water partition coefficient (Wildman–Crippen LogP) is 2.72. The minimum atomic E-state index is -4.16. The van der Waals surface area contributed by atoms with Gasteiger partial charge in [-0.3, -0.25) is 9.65 Å². The van der Waals surface area contributed by atoms with Gasteiger partial charge in [-0.1, -0.05) is 30.9 Å². The Hall–Kier alpha value is -1.19. The number of hydrogen-bond acceptors (Lipinski definition) is 4. The molecule has 5 rings (SSSR count).